The molecule has 2 aliphatic rings. The Morgan fingerprint density at radius 1 is 0.929 bits per heavy atom. The van der Waals surface area contributed by atoms with E-state index in [1.54, 1.807) is 0 Å². The van der Waals surface area contributed by atoms with Crippen molar-refractivity contribution in [2.75, 3.05) is 38.0 Å². The number of para-hydroxylation sites is 1. The van der Waals surface area contributed by atoms with Gasteiger partial charge in [-0.3, -0.25) is 9.58 Å². The number of aromatic nitrogens is 2. The molecule has 1 N–H and O–H groups in total. The lowest BCUT2D eigenvalue weighted by Gasteiger charge is -2.34. The first kappa shape index (κ1) is 19.7. The molecule has 154 valence electrons. The first-order valence-electron chi connectivity index (χ1n) is 11.5. The molecule has 2 saturated heterocycles. The number of benzene rings is 1. The van der Waals surface area contributed by atoms with Gasteiger partial charge in [-0.25, -0.2) is 0 Å². The molecule has 2 aliphatic heterocycles. The van der Waals surface area contributed by atoms with E-state index in [4.69, 9.17) is 5.10 Å². The summed E-state index contributed by atoms with van der Waals surface area (Å²) < 4.78 is 2.23. The van der Waals surface area contributed by atoms with Gasteiger partial charge in [0.1, 0.15) is 0 Å². The predicted molar refractivity (Wildman–Crippen MR) is 118 cm³/mol. The molecule has 0 spiro atoms. The molecular formula is C23H37N5. The molecule has 3 heterocycles. The molecular weight excluding hydrogens is 346 g/mol. The van der Waals surface area contributed by atoms with Crippen molar-refractivity contribution in [3.8, 4) is 0 Å². The quantitative estimate of drug-likeness (QED) is 0.726. The molecule has 5 nitrogen and oxygen atoms in total. The molecule has 0 amide bonds. The van der Waals surface area contributed by atoms with Crippen LogP contribution in [0.25, 0.3) is 10.9 Å². The van der Waals surface area contributed by atoms with Gasteiger partial charge in [0.05, 0.1) is 11.7 Å². The number of nitrogens with one attached hydrogen (secondary N) is 1. The van der Waals surface area contributed by atoms with Crippen LogP contribution in [0.15, 0.2) is 24.3 Å². The summed E-state index contributed by atoms with van der Waals surface area (Å²) in [5, 5.41) is 10.1. The van der Waals surface area contributed by atoms with Crippen molar-refractivity contribution in [3.63, 3.8) is 0 Å². The minimum Gasteiger partial charge on any atom is -0.353 e. The summed E-state index contributed by atoms with van der Waals surface area (Å²) in [6.45, 7) is 9.45. The van der Waals surface area contributed by atoms with Crippen molar-refractivity contribution in [2.45, 2.75) is 71.0 Å². The lowest BCUT2D eigenvalue weighted by Crippen LogP contribution is -2.43. The van der Waals surface area contributed by atoms with Gasteiger partial charge in [-0.2, -0.15) is 5.10 Å². The second kappa shape index (κ2) is 9.75. The Morgan fingerprint density at radius 3 is 2.39 bits per heavy atom. The summed E-state index contributed by atoms with van der Waals surface area (Å²) in [7, 11) is 0. The third-order valence-corrected chi connectivity index (χ3v) is 6.47. The van der Waals surface area contributed by atoms with Crippen molar-refractivity contribution in [1.29, 1.82) is 0 Å². The Bertz CT molecular complexity index is 728. The Hall–Kier alpha value is -1.59. The predicted octanol–water partition coefficient (Wildman–Crippen LogP) is 4.55. The zero-order valence-corrected chi connectivity index (χ0v) is 17.6. The van der Waals surface area contributed by atoms with Crippen molar-refractivity contribution in [2.24, 2.45) is 0 Å². The van der Waals surface area contributed by atoms with Crippen LogP contribution in [0.5, 0.6) is 0 Å². The summed E-state index contributed by atoms with van der Waals surface area (Å²) in [4.78, 5) is 5.23. The standard InChI is InChI=1S/C23H37N5/c1-2-22(27-17-9-4-10-18-27)24-23-20-12-5-6-13-21(20)28(25-23)19-11-16-26-14-7-3-8-15-26/h5-6,12-13,22H,2-4,7-11,14-19H2,1H3,(H,24,25). The SMILES string of the molecule is CCC(Nc1nn(CCCN2CCCCC2)c2ccccc12)N1CCCCC1. The van der Waals surface area contributed by atoms with Gasteiger partial charge < -0.3 is 10.2 Å². The first-order valence-corrected chi connectivity index (χ1v) is 11.5. The molecule has 1 aromatic carbocycles. The van der Waals surface area contributed by atoms with Crippen LogP contribution in [-0.2, 0) is 6.54 Å². The molecule has 1 atom stereocenters. The molecule has 0 bridgehead atoms. The number of hydrogen-bond donors (Lipinski definition) is 1. The molecule has 0 aliphatic carbocycles. The number of hydrogen-bond acceptors (Lipinski definition) is 4. The van der Waals surface area contributed by atoms with Crippen LogP contribution < -0.4 is 5.32 Å². The van der Waals surface area contributed by atoms with Crippen LogP contribution in [0.4, 0.5) is 5.82 Å². The number of nitrogens with zero attached hydrogens (tertiary/aromatic N) is 4. The van der Waals surface area contributed by atoms with Crippen molar-refractivity contribution < 1.29 is 0 Å². The van der Waals surface area contributed by atoms with Gasteiger partial charge in [0.25, 0.3) is 0 Å². The van der Waals surface area contributed by atoms with E-state index < -0.39 is 0 Å². The maximum Gasteiger partial charge on any atom is 0.157 e. The van der Waals surface area contributed by atoms with Gasteiger partial charge in [-0.15, -0.1) is 0 Å². The van der Waals surface area contributed by atoms with Crippen molar-refractivity contribution >= 4 is 16.7 Å². The third kappa shape index (κ3) is 4.69. The highest BCUT2D eigenvalue weighted by atomic mass is 15.4. The number of rotatable bonds is 8. The van der Waals surface area contributed by atoms with Crippen LogP contribution in [0.2, 0.25) is 0 Å². The maximum absolute atomic E-state index is 5.01. The van der Waals surface area contributed by atoms with Gasteiger partial charge in [-0.1, -0.05) is 31.9 Å². The fraction of sp³-hybridized carbons (Fsp3) is 0.696. The Labute approximate surface area is 170 Å². The Kier molecular flexibility index (Phi) is 6.86. The number of likely N-dealkylation sites (tertiary alicyclic amines) is 2. The summed E-state index contributed by atoms with van der Waals surface area (Å²) in [5.41, 5.74) is 1.26. The largest absolute Gasteiger partial charge is 0.353 e. The van der Waals surface area contributed by atoms with Gasteiger partial charge in [-0.05, 0) is 70.3 Å². The topological polar surface area (TPSA) is 36.3 Å². The first-order chi connectivity index (χ1) is 13.8. The highest BCUT2D eigenvalue weighted by molar-refractivity contribution is 5.90. The maximum atomic E-state index is 5.01. The lowest BCUT2D eigenvalue weighted by atomic mass is 10.1. The third-order valence-electron chi connectivity index (χ3n) is 6.47. The molecule has 0 saturated carbocycles. The van der Waals surface area contributed by atoms with E-state index in [2.05, 4.69) is 51.0 Å². The number of anilines is 1. The summed E-state index contributed by atoms with van der Waals surface area (Å²) in [6.07, 6.45) is 10.8. The summed E-state index contributed by atoms with van der Waals surface area (Å²) in [6, 6.07) is 8.71. The average molecular weight is 384 g/mol. The molecule has 28 heavy (non-hydrogen) atoms. The van der Waals surface area contributed by atoms with Gasteiger partial charge in [0.15, 0.2) is 5.82 Å². The fourth-order valence-corrected chi connectivity index (χ4v) is 4.87. The highest BCUT2D eigenvalue weighted by Crippen LogP contribution is 2.25. The average Bonchev–Trinajstić information content (AvgIpc) is 3.11. The number of piperidine rings is 2. The van der Waals surface area contributed by atoms with E-state index in [9.17, 15) is 0 Å². The van der Waals surface area contributed by atoms with Crippen LogP contribution in [0.1, 0.15) is 58.3 Å². The molecule has 0 radical (unpaired) electrons. The smallest absolute Gasteiger partial charge is 0.157 e. The van der Waals surface area contributed by atoms with Crippen LogP contribution in [0, 0.1) is 0 Å². The van der Waals surface area contributed by atoms with E-state index >= 15 is 0 Å². The highest BCUT2D eigenvalue weighted by Gasteiger charge is 2.21. The van der Waals surface area contributed by atoms with Crippen LogP contribution in [-0.4, -0.2) is 58.5 Å². The Morgan fingerprint density at radius 2 is 1.64 bits per heavy atom. The molecule has 2 fully saturated rings. The van der Waals surface area contributed by atoms with Crippen LogP contribution >= 0.6 is 0 Å². The van der Waals surface area contributed by atoms with Gasteiger partial charge in [0.2, 0.25) is 0 Å². The minimum absolute atomic E-state index is 0.389. The lowest BCUT2D eigenvalue weighted by molar-refractivity contribution is 0.175. The molecule has 5 heteroatoms. The normalized spacial score (nSPS) is 20.5. The van der Waals surface area contributed by atoms with Crippen LogP contribution in [0.3, 0.4) is 0 Å². The number of fused-ring (bicyclic) bond motifs is 1. The minimum atomic E-state index is 0.389. The van der Waals surface area contributed by atoms with E-state index in [0.717, 1.165) is 18.8 Å². The molecule has 1 unspecified atom stereocenters. The van der Waals surface area contributed by atoms with Crippen molar-refractivity contribution in [1.82, 2.24) is 19.6 Å². The summed E-state index contributed by atoms with van der Waals surface area (Å²) in [5.74, 6) is 1.06. The zero-order chi connectivity index (χ0) is 19.2. The van der Waals surface area contributed by atoms with E-state index in [1.165, 1.54) is 88.6 Å². The number of aryl methyl sites for hydroxylation is 1. The summed E-state index contributed by atoms with van der Waals surface area (Å²) >= 11 is 0. The second-order valence-electron chi connectivity index (χ2n) is 8.51. The van der Waals surface area contributed by atoms with E-state index in [0.29, 0.717) is 6.17 Å². The molecule has 2 aromatic rings. The molecule has 1 aromatic heterocycles. The van der Waals surface area contributed by atoms with Gasteiger partial charge >= 0.3 is 0 Å². The molecule has 4 rings (SSSR count). The zero-order valence-electron chi connectivity index (χ0n) is 17.6. The Balaban J connectivity index is 1.44. The monoisotopic (exact) mass is 383 g/mol. The second-order valence-corrected chi connectivity index (χ2v) is 8.51. The van der Waals surface area contributed by atoms with Gasteiger partial charge in [0, 0.05) is 25.0 Å². The van der Waals surface area contributed by atoms with E-state index in [-0.39, 0.29) is 0 Å². The van der Waals surface area contributed by atoms with Crippen molar-refractivity contribution in [3.05, 3.63) is 24.3 Å². The fourth-order valence-electron chi connectivity index (χ4n) is 4.87. The van der Waals surface area contributed by atoms with E-state index in [1.807, 2.05) is 0 Å².